The molecule has 0 N–H and O–H groups in total. The van der Waals surface area contributed by atoms with Gasteiger partial charge in [0.1, 0.15) is 5.75 Å². The van der Waals surface area contributed by atoms with Crippen LogP contribution in [0.5, 0.6) is 5.75 Å². The SMILES string of the molecule is COc1ccc(-n2cc(-c3ccccc3)c(C(C)=O)c2C)cc1. The molecule has 0 aliphatic heterocycles. The minimum atomic E-state index is 0.0774. The van der Waals surface area contributed by atoms with Crippen LogP contribution in [0.2, 0.25) is 0 Å². The Bertz CT molecular complexity index is 830. The maximum absolute atomic E-state index is 12.2. The Morgan fingerprint density at radius 3 is 2.22 bits per heavy atom. The van der Waals surface area contributed by atoms with E-state index in [0.717, 1.165) is 33.8 Å². The van der Waals surface area contributed by atoms with Crippen molar-refractivity contribution in [3.8, 4) is 22.6 Å². The van der Waals surface area contributed by atoms with Gasteiger partial charge in [0, 0.05) is 28.7 Å². The topological polar surface area (TPSA) is 31.2 Å². The molecule has 0 spiro atoms. The number of hydrogen-bond acceptors (Lipinski definition) is 2. The van der Waals surface area contributed by atoms with Crippen LogP contribution in [0, 0.1) is 6.92 Å². The molecule has 3 heteroatoms. The largest absolute Gasteiger partial charge is 0.497 e. The molecule has 3 aromatic rings. The van der Waals surface area contributed by atoms with Crippen molar-refractivity contribution in [2.24, 2.45) is 0 Å². The van der Waals surface area contributed by atoms with Gasteiger partial charge < -0.3 is 9.30 Å². The van der Waals surface area contributed by atoms with Crippen molar-refractivity contribution < 1.29 is 9.53 Å². The van der Waals surface area contributed by atoms with Crippen LogP contribution in [-0.2, 0) is 0 Å². The van der Waals surface area contributed by atoms with Crippen LogP contribution in [-0.4, -0.2) is 17.5 Å². The number of ketones is 1. The zero-order valence-electron chi connectivity index (χ0n) is 13.5. The lowest BCUT2D eigenvalue weighted by Crippen LogP contribution is -1.99. The second-order valence-corrected chi connectivity index (χ2v) is 5.49. The van der Waals surface area contributed by atoms with E-state index in [9.17, 15) is 4.79 Å². The predicted octanol–water partition coefficient (Wildman–Crippen LogP) is 4.66. The predicted molar refractivity (Wildman–Crippen MR) is 92.5 cm³/mol. The number of hydrogen-bond donors (Lipinski definition) is 0. The Kier molecular flexibility index (Phi) is 4.02. The van der Waals surface area contributed by atoms with Crippen LogP contribution >= 0.6 is 0 Å². The Hall–Kier alpha value is -2.81. The Morgan fingerprint density at radius 2 is 1.65 bits per heavy atom. The summed E-state index contributed by atoms with van der Waals surface area (Å²) in [6, 6.07) is 17.8. The van der Waals surface area contributed by atoms with E-state index in [0.29, 0.717) is 0 Å². The van der Waals surface area contributed by atoms with Gasteiger partial charge in [-0.3, -0.25) is 4.79 Å². The highest BCUT2D eigenvalue weighted by Gasteiger charge is 2.18. The third-order valence-corrected chi connectivity index (χ3v) is 4.04. The highest BCUT2D eigenvalue weighted by atomic mass is 16.5. The van der Waals surface area contributed by atoms with E-state index in [1.807, 2.05) is 67.7 Å². The average molecular weight is 305 g/mol. The Morgan fingerprint density at radius 1 is 1.00 bits per heavy atom. The molecule has 3 nitrogen and oxygen atoms in total. The van der Waals surface area contributed by atoms with Crippen LogP contribution < -0.4 is 4.74 Å². The molecular weight excluding hydrogens is 286 g/mol. The average Bonchev–Trinajstić information content (AvgIpc) is 2.93. The molecule has 0 unspecified atom stereocenters. The molecule has 3 rings (SSSR count). The molecule has 0 amide bonds. The molecule has 116 valence electrons. The first-order chi connectivity index (χ1) is 11.1. The number of Topliss-reactive ketones (excluding diaryl/α,β-unsaturated/α-hetero) is 1. The summed E-state index contributed by atoms with van der Waals surface area (Å²) in [5.41, 5.74) is 4.74. The van der Waals surface area contributed by atoms with Crippen molar-refractivity contribution in [2.75, 3.05) is 7.11 Å². The minimum absolute atomic E-state index is 0.0774. The van der Waals surface area contributed by atoms with Gasteiger partial charge in [0.15, 0.2) is 5.78 Å². The van der Waals surface area contributed by atoms with Crippen LogP contribution in [0.1, 0.15) is 23.0 Å². The molecule has 0 saturated heterocycles. The second-order valence-electron chi connectivity index (χ2n) is 5.49. The monoisotopic (exact) mass is 305 g/mol. The van der Waals surface area contributed by atoms with E-state index in [1.54, 1.807) is 14.0 Å². The van der Waals surface area contributed by atoms with Gasteiger partial charge in [-0.05, 0) is 43.7 Å². The molecule has 0 fully saturated rings. The van der Waals surface area contributed by atoms with Crippen molar-refractivity contribution in [2.45, 2.75) is 13.8 Å². The molecule has 0 radical (unpaired) electrons. The van der Waals surface area contributed by atoms with Gasteiger partial charge in [-0.1, -0.05) is 30.3 Å². The van der Waals surface area contributed by atoms with Gasteiger partial charge in [0.25, 0.3) is 0 Å². The Balaban J connectivity index is 2.17. The fraction of sp³-hybridized carbons (Fsp3) is 0.150. The number of ether oxygens (including phenoxy) is 1. The molecule has 2 aromatic carbocycles. The van der Waals surface area contributed by atoms with Gasteiger partial charge in [-0.15, -0.1) is 0 Å². The third-order valence-electron chi connectivity index (χ3n) is 4.04. The van der Waals surface area contributed by atoms with E-state index in [-0.39, 0.29) is 5.78 Å². The van der Waals surface area contributed by atoms with Crippen molar-refractivity contribution in [1.82, 2.24) is 4.57 Å². The molecule has 0 aliphatic carbocycles. The molecule has 0 saturated carbocycles. The first-order valence-corrected chi connectivity index (χ1v) is 7.54. The van der Waals surface area contributed by atoms with Crippen LogP contribution in [0.4, 0.5) is 0 Å². The fourth-order valence-corrected chi connectivity index (χ4v) is 2.90. The number of carbonyl (C=O) groups is 1. The van der Waals surface area contributed by atoms with Gasteiger partial charge in [0.05, 0.1) is 7.11 Å². The molecule has 23 heavy (non-hydrogen) atoms. The van der Waals surface area contributed by atoms with Crippen molar-refractivity contribution in [3.63, 3.8) is 0 Å². The first-order valence-electron chi connectivity index (χ1n) is 7.54. The van der Waals surface area contributed by atoms with E-state index < -0.39 is 0 Å². The molecule has 1 aromatic heterocycles. The number of benzene rings is 2. The highest BCUT2D eigenvalue weighted by molar-refractivity contribution is 6.02. The molecule has 0 bridgehead atoms. The highest BCUT2D eigenvalue weighted by Crippen LogP contribution is 2.30. The number of aromatic nitrogens is 1. The summed E-state index contributed by atoms with van der Waals surface area (Å²) in [5.74, 6) is 0.891. The zero-order valence-corrected chi connectivity index (χ0v) is 13.5. The summed E-state index contributed by atoms with van der Waals surface area (Å²) in [4.78, 5) is 12.2. The smallest absolute Gasteiger partial charge is 0.162 e. The summed E-state index contributed by atoms with van der Waals surface area (Å²) in [5, 5.41) is 0. The second kappa shape index (κ2) is 6.13. The Labute approximate surface area is 136 Å². The van der Waals surface area contributed by atoms with Crippen LogP contribution in [0.3, 0.4) is 0 Å². The maximum atomic E-state index is 12.2. The summed E-state index contributed by atoms with van der Waals surface area (Å²) in [6.07, 6.45) is 2.03. The van der Waals surface area contributed by atoms with Crippen molar-refractivity contribution in [3.05, 3.63) is 72.1 Å². The normalized spacial score (nSPS) is 10.6. The van der Waals surface area contributed by atoms with Crippen LogP contribution in [0.15, 0.2) is 60.8 Å². The molecule has 1 heterocycles. The van der Waals surface area contributed by atoms with Gasteiger partial charge >= 0.3 is 0 Å². The zero-order chi connectivity index (χ0) is 16.4. The number of carbonyl (C=O) groups excluding carboxylic acids is 1. The van der Waals surface area contributed by atoms with Crippen molar-refractivity contribution >= 4 is 5.78 Å². The molecule has 0 aliphatic rings. The summed E-state index contributed by atoms with van der Waals surface area (Å²) < 4.78 is 7.26. The number of methoxy groups -OCH3 is 1. The van der Waals surface area contributed by atoms with E-state index in [4.69, 9.17) is 4.74 Å². The fourth-order valence-electron chi connectivity index (χ4n) is 2.90. The minimum Gasteiger partial charge on any atom is -0.497 e. The van der Waals surface area contributed by atoms with Crippen molar-refractivity contribution in [1.29, 1.82) is 0 Å². The standard InChI is InChI=1S/C20H19NO2/c1-14-20(15(2)22)19(16-7-5-4-6-8-16)13-21(14)17-9-11-18(23-3)12-10-17/h4-13H,1-3H3. The summed E-state index contributed by atoms with van der Waals surface area (Å²) in [7, 11) is 1.65. The third kappa shape index (κ3) is 2.78. The summed E-state index contributed by atoms with van der Waals surface area (Å²) >= 11 is 0. The maximum Gasteiger partial charge on any atom is 0.162 e. The van der Waals surface area contributed by atoms with E-state index in [2.05, 4.69) is 4.57 Å². The lowest BCUT2D eigenvalue weighted by Gasteiger charge is -2.07. The lowest BCUT2D eigenvalue weighted by atomic mass is 10.0. The number of nitrogens with zero attached hydrogens (tertiary/aromatic N) is 1. The van der Waals surface area contributed by atoms with E-state index >= 15 is 0 Å². The van der Waals surface area contributed by atoms with Gasteiger partial charge in [-0.25, -0.2) is 0 Å². The summed E-state index contributed by atoms with van der Waals surface area (Å²) in [6.45, 7) is 3.60. The quantitative estimate of drug-likeness (QED) is 0.656. The van der Waals surface area contributed by atoms with Crippen LogP contribution in [0.25, 0.3) is 16.8 Å². The van der Waals surface area contributed by atoms with Gasteiger partial charge in [0.2, 0.25) is 0 Å². The first kappa shape index (κ1) is 15.1. The molecule has 0 atom stereocenters. The lowest BCUT2D eigenvalue weighted by molar-refractivity contribution is 0.101. The number of rotatable bonds is 4. The van der Waals surface area contributed by atoms with Gasteiger partial charge in [-0.2, -0.15) is 0 Å². The molecular formula is C20H19NO2. The van der Waals surface area contributed by atoms with E-state index in [1.165, 1.54) is 0 Å².